The van der Waals surface area contributed by atoms with Crippen molar-refractivity contribution < 1.29 is 4.39 Å². The van der Waals surface area contributed by atoms with Crippen LogP contribution in [0, 0.1) is 12.7 Å². The maximum atomic E-state index is 13.7. The van der Waals surface area contributed by atoms with E-state index in [4.69, 9.17) is 0 Å². The molecule has 3 rings (SSSR count). The standard InChI is InChI=1S/C18H20FNS/c1-13-3-2-4-16(11-13)21-18-6-5-15(19)12-17(18)14-7-9-20-10-8-14/h2-6,11-12,14,20H,7-10H2,1H3. The van der Waals surface area contributed by atoms with E-state index in [-0.39, 0.29) is 5.82 Å². The topological polar surface area (TPSA) is 12.0 Å². The van der Waals surface area contributed by atoms with Gasteiger partial charge >= 0.3 is 0 Å². The van der Waals surface area contributed by atoms with Crippen LogP contribution in [0.3, 0.4) is 0 Å². The monoisotopic (exact) mass is 301 g/mol. The van der Waals surface area contributed by atoms with Crippen molar-refractivity contribution in [3.63, 3.8) is 0 Å². The number of nitrogens with one attached hydrogen (secondary N) is 1. The Bertz CT molecular complexity index is 620. The Morgan fingerprint density at radius 2 is 1.90 bits per heavy atom. The van der Waals surface area contributed by atoms with Crippen LogP contribution in [0.15, 0.2) is 52.3 Å². The van der Waals surface area contributed by atoms with Gasteiger partial charge in [-0.3, -0.25) is 0 Å². The normalized spacial score (nSPS) is 16.1. The second-order valence-electron chi connectivity index (χ2n) is 5.62. The first kappa shape index (κ1) is 14.6. The summed E-state index contributed by atoms with van der Waals surface area (Å²) in [6, 6.07) is 13.7. The third-order valence-electron chi connectivity index (χ3n) is 3.97. The maximum Gasteiger partial charge on any atom is 0.123 e. The fraction of sp³-hybridized carbons (Fsp3) is 0.333. The van der Waals surface area contributed by atoms with Crippen LogP contribution in [0.2, 0.25) is 0 Å². The second kappa shape index (κ2) is 6.63. The number of hydrogen-bond donors (Lipinski definition) is 1. The van der Waals surface area contributed by atoms with Gasteiger partial charge in [0.15, 0.2) is 0 Å². The molecule has 1 saturated heterocycles. The number of halogens is 1. The third-order valence-corrected chi connectivity index (χ3v) is 5.05. The summed E-state index contributed by atoms with van der Waals surface area (Å²) in [6.07, 6.45) is 2.18. The minimum absolute atomic E-state index is 0.128. The number of piperidine rings is 1. The first-order chi connectivity index (χ1) is 10.2. The summed E-state index contributed by atoms with van der Waals surface area (Å²) in [4.78, 5) is 2.41. The summed E-state index contributed by atoms with van der Waals surface area (Å²) in [5.41, 5.74) is 2.42. The van der Waals surface area contributed by atoms with E-state index in [1.54, 1.807) is 23.9 Å². The van der Waals surface area contributed by atoms with E-state index in [0.717, 1.165) is 25.9 Å². The Morgan fingerprint density at radius 3 is 2.67 bits per heavy atom. The van der Waals surface area contributed by atoms with Crippen molar-refractivity contribution in [3.8, 4) is 0 Å². The summed E-state index contributed by atoms with van der Waals surface area (Å²) >= 11 is 1.74. The summed E-state index contributed by atoms with van der Waals surface area (Å²) in [7, 11) is 0. The van der Waals surface area contributed by atoms with Crippen molar-refractivity contribution in [1.82, 2.24) is 5.32 Å². The molecule has 1 N–H and O–H groups in total. The molecule has 1 aliphatic heterocycles. The molecule has 0 radical (unpaired) electrons. The Balaban J connectivity index is 1.90. The fourth-order valence-corrected chi connectivity index (χ4v) is 3.99. The van der Waals surface area contributed by atoms with Gasteiger partial charge in [-0.2, -0.15) is 0 Å². The Hall–Kier alpha value is -1.32. The highest BCUT2D eigenvalue weighted by Gasteiger charge is 2.19. The van der Waals surface area contributed by atoms with Gasteiger partial charge in [0.05, 0.1) is 0 Å². The second-order valence-corrected chi connectivity index (χ2v) is 6.74. The quantitative estimate of drug-likeness (QED) is 0.878. The zero-order valence-electron chi connectivity index (χ0n) is 12.2. The highest BCUT2D eigenvalue weighted by molar-refractivity contribution is 7.99. The van der Waals surface area contributed by atoms with Gasteiger partial charge in [0, 0.05) is 9.79 Å². The molecule has 2 aromatic carbocycles. The lowest BCUT2D eigenvalue weighted by atomic mass is 9.90. The first-order valence-corrected chi connectivity index (χ1v) is 8.29. The van der Waals surface area contributed by atoms with Crippen molar-refractivity contribution in [3.05, 3.63) is 59.4 Å². The molecule has 0 aromatic heterocycles. The van der Waals surface area contributed by atoms with Crippen LogP contribution < -0.4 is 5.32 Å². The van der Waals surface area contributed by atoms with Gasteiger partial charge in [0.2, 0.25) is 0 Å². The van der Waals surface area contributed by atoms with E-state index in [1.165, 1.54) is 20.9 Å². The summed E-state index contributed by atoms with van der Waals surface area (Å²) < 4.78 is 13.7. The smallest absolute Gasteiger partial charge is 0.123 e. The van der Waals surface area contributed by atoms with Crippen LogP contribution in [0.4, 0.5) is 4.39 Å². The van der Waals surface area contributed by atoms with E-state index in [1.807, 2.05) is 6.07 Å². The van der Waals surface area contributed by atoms with Crippen LogP contribution in [0.25, 0.3) is 0 Å². The minimum Gasteiger partial charge on any atom is -0.317 e. The molecule has 0 spiro atoms. The lowest BCUT2D eigenvalue weighted by Gasteiger charge is -2.25. The van der Waals surface area contributed by atoms with Gasteiger partial charge in [-0.1, -0.05) is 29.5 Å². The van der Waals surface area contributed by atoms with E-state index in [0.29, 0.717) is 5.92 Å². The van der Waals surface area contributed by atoms with E-state index >= 15 is 0 Å². The van der Waals surface area contributed by atoms with Crippen molar-refractivity contribution in [1.29, 1.82) is 0 Å². The largest absolute Gasteiger partial charge is 0.317 e. The Kier molecular flexibility index (Phi) is 4.61. The molecule has 1 aliphatic rings. The van der Waals surface area contributed by atoms with E-state index < -0.39 is 0 Å². The highest BCUT2D eigenvalue weighted by Crippen LogP contribution is 2.37. The van der Waals surface area contributed by atoms with Crippen molar-refractivity contribution in [2.24, 2.45) is 0 Å². The maximum absolute atomic E-state index is 13.7. The molecule has 3 heteroatoms. The van der Waals surface area contributed by atoms with Crippen molar-refractivity contribution >= 4 is 11.8 Å². The first-order valence-electron chi connectivity index (χ1n) is 7.47. The average molecular weight is 301 g/mol. The van der Waals surface area contributed by atoms with E-state index in [9.17, 15) is 4.39 Å². The molecule has 0 atom stereocenters. The van der Waals surface area contributed by atoms with Gasteiger partial charge < -0.3 is 5.32 Å². The summed E-state index contributed by atoms with van der Waals surface area (Å²) in [5, 5.41) is 3.38. The Labute approximate surface area is 130 Å². The van der Waals surface area contributed by atoms with Gasteiger partial charge in [-0.05, 0) is 74.7 Å². The van der Waals surface area contributed by atoms with Crippen LogP contribution in [-0.4, -0.2) is 13.1 Å². The average Bonchev–Trinajstić information content (AvgIpc) is 2.50. The van der Waals surface area contributed by atoms with Crippen LogP contribution in [0.5, 0.6) is 0 Å². The van der Waals surface area contributed by atoms with E-state index in [2.05, 4.69) is 36.5 Å². The highest BCUT2D eigenvalue weighted by atomic mass is 32.2. The molecule has 0 aliphatic carbocycles. The molecule has 110 valence electrons. The predicted molar refractivity (Wildman–Crippen MR) is 86.5 cm³/mol. The van der Waals surface area contributed by atoms with Gasteiger partial charge in [0.25, 0.3) is 0 Å². The van der Waals surface area contributed by atoms with Gasteiger partial charge in [0.1, 0.15) is 5.82 Å². The number of benzene rings is 2. The predicted octanol–water partition coefficient (Wildman–Crippen LogP) is 4.75. The van der Waals surface area contributed by atoms with Gasteiger partial charge in [-0.25, -0.2) is 4.39 Å². The van der Waals surface area contributed by atoms with Crippen LogP contribution >= 0.6 is 11.8 Å². The number of hydrogen-bond acceptors (Lipinski definition) is 2. The fourth-order valence-electron chi connectivity index (χ4n) is 2.87. The lowest BCUT2D eigenvalue weighted by Crippen LogP contribution is -2.26. The molecule has 0 unspecified atom stereocenters. The number of rotatable bonds is 3. The summed E-state index contributed by atoms with van der Waals surface area (Å²) in [6.45, 7) is 4.15. The van der Waals surface area contributed by atoms with Gasteiger partial charge in [-0.15, -0.1) is 0 Å². The molecule has 1 heterocycles. The molecular formula is C18H20FNS. The molecular weight excluding hydrogens is 281 g/mol. The molecule has 0 bridgehead atoms. The molecule has 0 amide bonds. The number of aryl methyl sites for hydroxylation is 1. The Morgan fingerprint density at radius 1 is 1.10 bits per heavy atom. The lowest BCUT2D eigenvalue weighted by molar-refractivity contribution is 0.454. The molecule has 21 heavy (non-hydrogen) atoms. The van der Waals surface area contributed by atoms with Crippen LogP contribution in [-0.2, 0) is 0 Å². The molecule has 0 saturated carbocycles. The molecule has 1 fully saturated rings. The van der Waals surface area contributed by atoms with Crippen LogP contribution in [0.1, 0.15) is 29.9 Å². The summed E-state index contributed by atoms with van der Waals surface area (Å²) in [5.74, 6) is 0.339. The SMILES string of the molecule is Cc1cccc(Sc2ccc(F)cc2C2CCNCC2)c1. The molecule has 2 aromatic rings. The zero-order valence-corrected chi connectivity index (χ0v) is 13.0. The minimum atomic E-state index is -0.128. The van der Waals surface area contributed by atoms with Crippen molar-refractivity contribution in [2.75, 3.05) is 13.1 Å². The molecule has 1 nitrogen and oxygen atoms in total. The zero-order chi connectivity index (χ0) is 14.7. The van der Waals surface area contributed by atoms with Crippen molar-refractivity contribution in [2.45, 2.75) is 35.5 Å². The third kappa shape index (κ3) is 3.66.